The summed E-state index contributed by atoms with van der Waals surface area (Å²) in [5, 5.41) is 0. The summed E-state index contributed by atoms with van der Waals surface area (Å²) in [4.78, 5) is 15.6. The van der Waals surface area contributed by atoms with Crippen molar-refractivity contribution in [2.45, 2.75) is 6.92 Å². The number of carbonyl (C=O) groups excluding carboxylic acids is 1. The number of nitrogens with zero attached hydrogens (tertiary/aromatic N) is 1. The molecule has 0 spiro atoms. The minimum atomic E-state index is -0.0835. The zero-order valence-electron chi connectivity index (χ0n) is 10.2. The highest BCUT2D eigenvalue weighted by Crippen LogP contribution is 2.28. The van der Waals surface area contributed by atoms with E-state index < -0.39 is 0 Å². The lowest BCUT2D eigenvalue weighted by atomic mass is 10.1. The van der Waals surface area contributed by atoms with Gasteiger partial charge in [-0.2, -0.15) is 0 Å². The molecule has 4 heteroatoms. The summed E-state index contributed by atoms with van der Waals surface area (Å²) in [5.41, 5.74) is 0.472. The van der Waals surface area contributed by atoms with Gasteiger partial charge in [0.15, 0.2) is 5.78 Å². The van der Waals surface area contributed by atoms with E-state index in [4.69, 9.17) is 9.47 Å². The van der Waals surface area contributed by atoms with Crippen LogP contribution < -0.4 is 9.47 Å². The Bertz CT molecular complexity index is 552. The first kappa shape index (κ1) is 12.1. The van der Waals surface area contributed by atoms with Crippen LogP contribution in [0.25, 0.3) is 0 Å². The first-order valence-electron chi connectivity index (χ1n) is 5.48. The van der Waals surface area contributed by atoms with E-state index in [1.807, 2.05) is 6.07 Å². The molecule has 92 valence electrons. The van der Waals surface area contributed by atoms with Gasteiger partial charge >= 0.3 is 0 Å². The summed E-state index contributed by atoms with van der Waals surface area (Å²) in [6.45, 7) is 1.49. The number of rotatable bonds is 4. The maximum atomic E-state index is 11.6. The van der Waals surface area contributed by atoms with Gasteiger partial charge in [-0.05, 0) is 31.2 Å². The Morgan fingerprint density at radius 1 is 1.22 bits per heavy atom. The summed E-state index contributed by atoms with van der Waals surface area (Å²) in [7, 11) is 1.55. The predicted octanol–water partition coefficient (Wildman–Crippen LogP) is 3.09. The highest BCUT2D eigenvalue weighted by molar-refractivity contribution is 5.97. The van der Waals surface area contributed by atoms with Gasteiger partial charge in [0.05, 0.1) is 12.7 Å². The van der Waals surface area contributed by atoms with Crippen molar-refractivity contribution in [2.24, 2.45) is 0 Å². The molecule has 0 aliphatic heterocycles. The summed E-state index contributed by atoms with van der Waals surface area (Å²) in [5.74, 6) is 1.46. The molecule has 0 saturated heterocycles. The number of carbonyl (C=O) groups is 1. The van der Waals surface area contributed by atoms with E-state index in [2.05, 4.69) is 4.98 Å². The number of hydrogen-bond acceptors (Lipinski definition) is 4. The van der Waals surface area contributed by atoms with E-state index in [1.54, 1.807) is 43.6 Å². The van der Waals surface area contributed by atoms with Crippen molar-refractivity contribution < 1.29 is 14.3 Å². The van der Waals surface area contributed by atoms with Crippen LogP contribution in [0.4, 0.5) is 0 Å². The second-order valence-corrected chi connectivity index (χ2v) is 3.69. The van der Waals surface area contributed by atoms with Gasteiger partial charge in [0.25, 0.3) is 0 Å². The van der Waals surface area contributed by atoms with Gasteiger partial charge in [0.1, 0.15) is 11.5 Å². The molecule has 18 heavy (non-hydrogen) atoms. The Hall–Kier alpha value is -2.36. The van der Waals surface area contributed by atoms with E-state index in [0.29, 0.717) is 22.9 Å². The molecule has 0 atom stereocenters. The summed E-state index contributed by atoms with van der Waals surface area (Å²) >= 11 is 0. The zero-order valence-corrected chi connectivity index (χ0v) is 10.2. The normalized spacial score (nSPS) is 9.89. The van der Waals surface area contributed by atoms with Crippen LogP contribution >= 0.6 is 0 Å². The van der Waals surface area contributed by atoms with Crippen LogP contribution in [0.2, 0.25) is 0 Å². The minimum Gasteiger partial charge on any atom is -0.497 e. The summed E-state index contributed by atoms with van der Waals surface area (Å²) in [6.07, 6.45) is 1.63. The average Bonchev–Trinajstić information content (AvgIpc) is 2.40. The first-order chi connectivity index (χ1) is 8.70. The maximum Gasteiger partial charge on any atom is 0.219 e. The highest BCUT2D eigenvalue weighted by Gasteiger charge is 2.11. The van der Waals surface area contributed by atoms with Crippen molar-refractivity contribution in [3.8, 4) is 17.4 Å². The third-order valence-electron chi connectivity index (χ3n) is 2.42. The molecule has 0 aliphatic rings. The van der Waals surface area contributed by atoms with E-state index in [0.717, 1.165) is 0 Å². The number of aromatic nitrogens is 1. The molecule has 2 aromatic rings. The molecule has 0 saturated carbocycles. The molecular formula is C14H13NO3. The molecule has 2 rings (SSSR count). The van der Waals surface area contributed by atoms with Gasteiger partial charge in [-0.25, -0.2) is 4.98 Å². The van der Waals surface area contributed by atoms with Crippen LogP contribution in [-0.2, 0) is 0 Å². The monoisotopic (exact) mass is 243 g/mol. The fourth-order valence-electron chi connectivity index (χ4n) is 1.52. The van der Waals surface area contributed by atoms with Gasteiger partial charge in [-0.1, -0.05) is 6.07 Å². The number of pyridine rings is 1. The Morgan fingerprint density at radius 2 is 2.06 bits per heavy atom. The smallest absolute Gasteiger partial charge is 0.219 e. The average molecular weight is 243 g/mol. The number of ketones is 1. The first-order valence-corrected chi connectivity index (χ1v) is 5.48. The highest BCUT2D eigenvalue weighted by atomic mass is 16.5. The number of Topliss-reactive ketones (excluding diaryl/α,β-unsaturated/α-hetero) is 1. The van der Waals surface area contributed by atoms with Gasteiger partial charge in [0, 0.05) is 12.3 Å². The molecule has 1 aromatic carbocycles. The van der Waals surface area contributed by atoms with Crippen LogP contribution in [0.15, 0.2) is 42.6 Å². The summed E-state index contributed by atoms with van der Waals surface area (Å²) < 4.78 is 10.7. The largest absolute Gasteiger partial charge is 0.497 e. The van der Waals surface area contributed by atoms with Crippen LogP contribution in [0, 0.1) is 0 Å². The summed E-state index contributed by atoms with van der Waals surface area (Å²) in [6, 6.07) is 10.4. The Kier molecular flexibility index (Phi) is 3.57. The Morgan fingerprint density at radius 3 is 2.67 bits per heavy atom. The second-order valence-electron chi connectivity index (χ2n) is 3.69. The third kappa shape index (κ3) is 2.66. The van der Waals surface area contributed by atoms with Crippen molar-refractivity contribution in [3.63, 3.8) is 0 Å². The molecule has 4 nitrogen and oxygen atoms in total. The molecular weight excluding hydrogens is 230 g/mol. The third-order valence-corrected chi connectivity index (χ3v) is 2.42. The lowest BCUT2D eigenvalue weighted by molar-refractivity contribution is 0.101. The predicted molar refractivity (Wildman–Crippen MR) is 67.3 cm³/mol. The molecule has 0 radical (unpaired) electrons. The lowest BCUT2D eigenvalue weighted by Crippen LogP contribution is -1.98. The van der Waals surface area contributed by atoms with Gasteiger partial charge in [-0.15, -0.1) is 0 Å². The Balaban J connectivity index is 2.35. The maximum absolute atomic E-state index is 11.6. The fraction of sp³-hybridized carbons (Fsp3) is 0.143. The fourth-order valence-corrected chi connectivity index (χ4v) is 1.52. The van der Waals surface area contributed by atoms with Crippen LogP contribution in [0.1, 0.15) is 17.3 Å². The molecule has 0 N–H and O–H groups in total. The Labute approximate surface area is 105 Å². The van der Waals surface area contributed by atoms with Gasteiger partial charge in [-0.3, -0.25) is 4.79 Å². The van der Waals surface area contributed by atoms with Crippen molar-refractivity contribution in [1.82, 2.24) is 4.98 Å². The van der Waals surface area contributed by atoms with E-state index in [9.17, 15) is 4.79 Å². The van der Waals surface area contributed by atoms with Crippen LogP contribution in [-0.4, -0.2) is 17.9 Å². The second kappa shape index (κ2) is 5.31. The number of benzene rings is 1. The van der Waals surface area contributed by atoms with Crippen LogP contribution in [0.5, 0.6) is 17.4 Å². The van der Waals surface area contributed by atoms with Gasteiger partial charge in [0.2, 0.25) is 5.88 Å². The van der Waals surface area contributed by atoms with Crippen LogP contribution in [0.3, 0.4) is 0 Å². The SMILES string of the molecule is COc1ccc(Oc2ccccn2)c(C(C)=O)c1. The van der Waals surface area contributed by atoms with E-state index >= 15 is 0 Å². The van der Waals surface area contributed by atoms with Crippen molar-refractivity contribution in [1.29, 1.82) is 0 Å². The quantitative estimate of drug-likeness (QED) is 0.774. The molecule has 1 aromatic heterocycles. The number of methoxy groups -OCH3 is 1. The van der Waals surface area contributed by atoms with Crippen molar-refractivity contribution in [2.75, 3.05) is 7.11 Å². The van der Waals surface area contributed by atoms with E-state index in [-0.39, 0.29) is 5.78 Å². The van der Waals surface area contributed by atoms with Gasteiger partial charge < -0.3 is 9.47 Å². The topological polar surface area (TPSA) is 48.4 Å². The molecule has 1 heterocycles. The molecule has 0 fully saturated rings. The van der Waals surface area contributed by atoms with Crippen molar-refractivity contribution >= 4 is 5.78 Å². The van der Waals surface area contributed by atoms with Crippen molar-refractivity contribution in [3.05, 3.63) is 48.2 Å². The number of hydrogen-bond donors (Lipinski definition) is 0. The zero-order chi connectivity index (χ0) is 13.0. The standard InChI is InChI=1S/C14H13NO3/c1-10(16)12-9-11(17-2)6-7-13(12)18-14-5-3-4-8-15-14/h3-9H,1-2H3. The molecule has 0 bridgehead atoms. The number of ether oxygens (including phenoxy) is 2. The molecule has 0 amide bonds. The molecule has 0 unspecified atom stereocenters. The lowest BCUT2D eigenvalue weighted by Gasteiger charge is -2.09. The minimum absolute atomic E-state index is 0.0835. The molecule has 0 aliphatic carbocycles. The van der Waals surface area contributed by atoms with E-state index in [1.165, 1.54) is 6.92 Å².